The van der Waals surface area contributed by atoms with E-state index in [1.165, 1.54) is 5.56 Å². The summed E-state index contributed by atoms with van der Waals surface area (Å²) in [6.45, 7) is 7.56. The largest absolute Gasteiger partial charge is 0.454 e. The Balaban J connectivity index is 1.83. The molecular formula is C24H30N2O4. The Bertz CT molecular complexity index is 892. The Kier molecular flexibility index (Phi) is 8.59. The van der Waals surface area contributed by atoms with Crippen LogP contribution in [0.2, 0.25) is 0 Å². The van der Waals surface area contributed by atoms with Gasteiger partial charge in [0.25, 0.3) is 11.8 Å². The highest BCUT2D eigenvalue weighted by Crippen LogP contribution is 2.10. The van der Waals surface area contributed by atoms with Crippen LogP contribution in [0.1, 0.15) is 40.9 Å². The van der Waals surface area contributed by atoms with Crippen LogP contribution in [0.5, 0.6) is 0 Å². The fourth-order valence-corrected chi connectivity index (χ4v) is 3.05. The third kappa shape index (κ3) is 6.72. The second-order valence-electron chi connectivity index (χ2n) is 7.64. The summed E-state index contributed by atoms with van der Waals surface area (Å²) in [5.41, 5.74) is 3.65. The van der Waals surface area contributed by atoms with Crippen molar-refractivity contribution in [3.8, 4) is 0 Å². The first-order chi connectivity index (χ1) is 14.3. The van der Waals surface area contributed by atoms with Crippen molar-refractivity contribution in [2.75, 3.05) is 13.2 Å². The number of nitrogens with one attached hydrogen (secondary N) is 2. The first-order valence-electron chi connectivity index (χ1n) is 10.1. The van der Waals surface area contributed by atoms with Gasteiger partial charge in [0.05, 0.1) is 0 Å². The predicted molar refractivity (Wildman–Crippen MR) is 116 cm³/mol. The number of esters is 1. The molecule has 0 aliphatic heterocycles. The molecule has 0 aliphatic carbocycles. The second-order valence-corrected chi connectivity index (χ2v) is 7.64. The highest BCUT2D eigenvalue weighted by atomic mass is 16.5. The summed E-state index contributed by atoms with van der Waals surface area (Å²) in [6.07, 6.45) is 0.702. The van der Waals surface area contributed by atoms with Crippen LogP contribution >= 0.6 is 0 Å². The van der Waals surface area contributed by atoms with Gasteiger partial charge in [0.15, 0.2) is 6.61 Å². The summed E-state index contributed by atoms with van der Waals surface area (Å²) in [5.74, 6) is -1.52. The zero-order valence-electron chi connectivity index (χ0n) is 18.0. The van der Waals surface area contributed by atoms with Crippen molar-refractivity contribution in [2.45, 2.75) is 40.2 Å². The average molecular weight is 411 g/mol. The normalized spacial score (nSPS) is 11.6. The molecule has 2 N–H and O–H groups in total. The number of hydrogen-bond acceptors (Lipinski definition) is 4. The number of aryl methyl sites for hydroxylation is 2. The van der Waals surface area contributed by atoms with Gasteiger partial charge in [-0.15, -0.1) is 0 Å². The highest BCUT2D eigenvalue weighted by molar-refractivity contribution is 5.98. The maximum Gasteiger partial charge on any atom is 0.329 e. The Labute approximate surface area is 178 Å². The van der Waals surface area contributed by atoms with Gasteiger partial charge < -0.3 is 15.4 Å². The van der Waals surface area contributed by atoms with Gasteiger partial charge in [0, 0.05) is 12.1 Å². The molecule has 0 spiro atoms. The molecular weight excluding hydrogens is 380 g/mol. The summed E-state index contributed by atoms with van der Waals surface area (Å²) in [7, 11) is 0. The van der Waals surface area contributed by atoms with E-state index in [4.69, 9.17) is 4.74 Å². The molecule has 0 fully saturated rings. The van der Waals surface area contributed by atoms with E-state index < -0.39 is 12.0 Å². The summed E-state index contributed by atoms with van der Waals surface area (Å²) < 4.78 is 5.16. The van der Waals surface area contributed by atoms with Crippen LogP contribution in [0.3, 0.4) is 0 Å². The molecule has 0 aromatic heterocycles. The maximum atomic E-state index is 12.5. The van der Waals surface area contributed by atoms with E-state index in [9.17, 15) is 14.4 Å². The van der Waals surface area contributed by atoms with Crippen molar-refractivity contribution in [3.05, 3.63) is 70.8 Å². The molecule has 0 saturated heterocycles. The third-order valence-electron chi connectivity index (χ3n) is 4.92. The van der Waals surface area contributed by atoms with Gasteiger partial charge in [-0.2, -0.15) is 0 Å². The molecule has 0 bridgehead atoms. The lowest BCUT2D eigenvalue weighted by molar-refractivity contribution is -0.151. The van der Waals surface area contributed by atoms with Crippen LogP contribution in [-0.4, -0.2) is 37.0 Å². The average Bonchev–Trinajstić information content (AvgIpc) is 2.71. The zero-order chi connectivity index (χ0) is 22.1. The van der Waals surface area contributed by atoms with Gasteiger partial charge in [-0.05, 0) is 48.9 Å². The number of rotatable bonds is 9. The SMILES string of the molecule is Cc1ccccc1CCNC(=O)COC(=O)[C@@H](NC(=O)c1ccccc1C)C(C)C. The fraction of sp³-hybridized carbons (Fsp3) is 0.375. The summed E-state index contributed by atoms with van der Waals surface area (Å²) in [4.78, 5) is 37.0. The molecule has 0 radical (unpaired) electrons. The first-order valence-corrected chi connectivity index (χ1v) is 10.1. The number of carbonyl (C=O) groups is 3. The topological polar surface area (TPSA) is 84.5 Å². The van der Waals surface area contributed by atoms with Crippen LogP contribution in [0.4, 0.5) is 0 Å². The molecule has 30 heavy (non-hydrogen) atoms. The quantitative estimate of drug-likeness (QED) is 0.623. The molecule has 0 aliphatic rings. The first kappa shape index (κ1) is 23.1. The van der Waals surface area contributed by atoms with Crippen LogP contribution in [-0.2, 0) is 20.7 Å². The molecule has 0 heterocycles. The zero-order valence-corrected chi connectivity index (χ0v) is 18.0. The van der Waals surface area contributed by atoms with Gasteiger partial charge in [-0.1, -0.05) is 56.3 Å². The second kappa shape index (κ2) is 11.1. The van der Waals surface area contributed by atoms with E-state index in [1.807, 2.05) is 64.1 Å². The van der Waals surface area contributed by atoms with Crippen LogP contribution < -0.4 is 10.6 Å². The number of amides is 2. The number of carbonyl (C=O) groups excluding carboxylic acids is 3. The summed E-state index contributed by atoms with van der Waals surface area (Å²) >= 11 is 0. The van der Waals surface area contributed by atoms with Gasteiger partial charge >= 0.3 is 5.97 Å². The molecule has 6 heteroatoms. The Morgan fingerprint density at radius 2 is 1.57 bits per heavy atom. The lowest BCUT2D eigenvalue weighted by Gasteiger charge is -2.21. The van der Waals surface area contributed by atoms with E-state index in [2.05, 4.69) is 10.6 Å². The summed E-state index contributed by atoms with van der Waals surface area (Å²) in [5, 5.41) is 5.48. The standard InChI is InChI=1S/C24H30N2O4/c1-16(2)22(26-23(28)20-12-8-6-10-18(20)4)24(29)30-15-21(27)25-14-13-19-11-7-5-9-17(19)3/h5-12,16,22H,13-15H2,1-4H3,(H,25,27)(H,26,28)/t22-/m0/s1. The molecule has 2 aromatic rings. The van der Waals surface area contributed by atoms with Gasteiger partial charge in [-0.25, -0.2) is 4.79 Å². The minimum absolute atomic E-state index is 0.186. The predicted octanol–water partition coefficient (Wildman–Crippen LogP) is 2.96. The van der Waals surface area contributed by atoms with Crippen molar-refractivity contribution >= 4 is 17.8 Å². The molecule has 2 amide bonds. The molecule has 160 valence electrons. The van der Waals surface area contributed by atoms with E-state index in [1.54, 1.807) is 12.1 Å². The van der Waals surface area contributed by atoms with Gasteiger partial charge in [-0.3, -0.25) is 9.59 Å². The van der Waals surface area contributed by atoms with Crippen molar-refractivity contribution in [1.29, 1.82) is 0 Å². The lowest BCUT2D eigenvalue weighted by atomic mass is 10.0. The van der Waals surface area contributed by atoms with Gasteiger partial charge in [0.2, 0.25) is 0 Å². The summed E-state index contributed by atoms with van der Waals surface area (Å²) in [6, 6.07) is 14.3. The number of ether oxygens (including phenoxy) is 1. The smallest absolute Gasteiger partial charge is 0.329 e. The van der Waals surface area contributed by atoms with Gasteiger partial charge in [0.1, 0.15) is 6.04 Å². The minimum Gasteiger partial charge on any atom is -0.454 e. The minimum atomic E-state index is -0.836. The molecule has 0 unspecified atom stereocenters. The molecule has 1 atom stereocenters. The lowest BCUT2D eigenvalue weighted by Crippen LogP contribution is -2.46. The van der Waals surface area contributed by atoms with E-state index in [0.29, 0.717) is 18.5 Å². The van der Waals surface area contributed by atoms with E-state index >= 15 is 0 Å². The number of benzene rings is 2. The van der Waals surface area contributed by atoms with E-state index in [-0.39, 0.29) is 24.3 Å². The van der Waals surface area contributed by atoms with Crippen LogP contribution in [0.15, 0.2) is 48.5 Å². The highest BCUT2D eigenvalue weighted by Gasteiger charge is 2.27. The van der Waals surface area contributed by atoms with E-state index in [0.717, 1.165) is 11.1 Å². The monoisotopic (exact) mass is 410 g/mol. The Morgan fingerprint density at radius 1 is 0.933 bits per heavy atom. The van der Waals surface area contributed by atoms with Crippen LogP contribution in [0, 0.1) is 19.8 Å². The van der Waals surface area contributed by atoms with Crippen LogP contribution in [0.25, 0.3) is 0 Å². The molecule has 2 rings (SSSR count). The molecule has 6 nitrogen and oxygen atoms in total. The fourth-order valence-electron chi connectivity index (χ4n) is 3.05. The Hall–Kier alpha value is -3.15. The third-order valence-corrected chi connectivity index (χ3v) is 4.92. The van der Waals surface area contributed by atoms with Crippen molar-refractivity contribution < 1.29 is 19.1 Å². The number of hydrogen-bond donors (Lipinski definition) is 2. The van der Waals surface area contributed by atoms with Crippen molar-refractivity contribution in [3.63, 3.8) is 0 Å². The maximum absolute atomic E-state index is 12.5. The molecule has 2 aromatic carbocycles. The van der Waals surface area contributed by atoms with Crippen molar-refractivity contribution in [2.24, 2.45) is 5.92 Å². The Morgan fingerprint density at radius 3 is 2.20 bits per heavy atom. The molecule has 0 saturated carbocycles. The van der Waals surface area contributed by atoms with Crippen molar-refractivity contribution in [1.82, 2.24) is 10.6 Å².